The van der Waals surface area contributed by atoms with Gasteiger partial charge in [0.15, 0.2) is 5.82 Å². The minimum absolute atomic E-state index is 0.0421. The molecular formula is C15H10Cl2F2N4O2. The van der Waals surface area contributed by atoms with Crippen LogP contribution in [0.15, 0.2) is 42.5 Å². The van der Waals surface area contributed by atoms with Crippen LogP contribution in [-0.4, -0.2) is 26.8 Å². The third-order valence-corrected chi connectivity index (χ3v) is 3.84. The Morgan fingerprint density at radius 1 is 1.00 bits per heavy atom. The first kappa shape index (κ1) is 17.4. The van der Waals surface area contributed by atoms with E-state index in [9.17, 15) is 8.78 Å². The lowest BCUT2D eigenvalue weighted by atomic mass is 10.3. The van der Waals surface area contributed by atoms with Gasteiger partial charge in [-0.1, -0.05) is 23.2 Å². The molecule has 0 bridgehead atoms. The second kappa shape index (κ2) is 7.62. The van der Waals surface area contributed by atoms with E-state index in [2.05, 4.69) is 20.3 Å². The molecule has 0 saturated carbocycles. The number of ether oxygens (including phenoxy) is 2. The van der Waals surface area contributed by atoms with Crippen molar-refractivity contribution in [2.75, 3.05) is 0 Å². The quantitative estimate of drug-likeness (QED) is 0.636. The van der Waals surface area contributed by atoms with Crippen LogP contribution >= 0.6 is 23.2 Å². The van der Waals surface area contributed by atoms with Crippen molar-refractivity contribution in [1.82, 2.24) is 20.2 Å². The largest absolute Gasteiger partial charge is 0.485 e. The Labute approximate surface area is 150 Å². The van der Waals surface area contributed by atoms with Crippen molar-refractivity contribution >= 4 is 23.2 Å². The van der Waals surface area contributed by atoms with Gasteiger partial charge >= 0.3 is 6.61 Å². The summed E-state index contributed by atoms with van der Waals surface area (Å²) in [4.78, 5) is 0. The second-order valence-corrected chi connectivity index (χ2v) is 5.56. The Hall–Kier alpha value is -2.45. The van der Waals surface area contributed by atoms with Crippen molar-refractivity contribution in [2.24, 2.45) is 0 Å². The van der Waals surface area contributed by atoms with Crippen LogP contribution in [-0.2, 0) is 6.61 Å². The van der Waals surface area contributed by atoms with E-state index in [0.717, 1.165) is 0 Å². The van der Waals surface area contributed by atoms with Gasteiger partial charge in [-0.05, 0) is 46.8 Å². The molecule has 0 fully saturated rings. The molecule has 2 aromatic carbocycles. The number of hydrogen-bond donors (Lipinski definition) is 0. The third-order valence-electron chi connectivity index (χ3n) is 3.10. The smallest absolute Gasteiger partial charge is 0.387 e. The zero-order valence-electron chi connectivity index (χ0n) is 12.4. The molecule has 0 radical (unpaired) electrons. The summed E-state index contributed by atoms with van der Waals surface area (Å²) < 4.78 is 35.7. The normalized spacial score (nSPS) is 10.9. The monoisotopic (exact) mass is 386 g/mol. The number of hydrogen-bond acceptors (Lipinski definition) is 5. The second-order valence-electron chi connectivity index (χ2n) is 4.74. The van der Waals surface area contributed by atoms with Crippen LogP contribution in [0.2, 0.25) is 10.0 Å². The fourth-order valence-corrected chi connectivity index (χ4v) is 2.27. The highest BCUT2D eigenvalue weighted by Crippen LogP contribution is 2.26. The number of aromatic nitrogens is 4. The Bertz CT molecular complexity index is 859. The van der Waals surface area contributed by atoms with Gasteiger partial charge in [0.2, 0.25) is 0 Å². The van der Waals surface area contributed by atoms with E-state index in [4.69, 9.17) is 27.9 Å². The zero-order chi connectivity index (χ0) is 17.8. The minimum atomic E-state index is -2.88. The molecule has 0 atom stereocenters. The van der Waals surface area contributed by atoms with Gasteiger partial charge in [-0.2, -0.15) is 13.5 Å². The highest BCUT2D eigenvalue weighted by atomic mass is 35.5. The van der Waals surface area contributed by atoms with Crippen LogP contribution in [0, 0.1) is 0 Å². The van der Waals surface area contributed by atoms with E-state index >= 15 is 0 Å². The van der Waals surface area contributed by atoms with Gasteiger partial charge in [0.25, 0.3) is 0 Å². The molecule has 0 aliphatic carbocycles. The van der Waals surface area contributed by atoms with Crippen molar-refractivity contribution in [1.29, 1.82) is 0 Å². The summed E-state index contributed by atoms with van der Waals surface area (Å²) >= 11 is 11.8. The van der Waals surface area contributed by atoms with Gasteiger partial charge in [0.1, 0.15) is 18.1 Å². The number of rotatable bonds is 6. The first-order valence-electron chi connectivity index (χ1n) is 6.93. The SMILES string of the molecule is FC(F)Oc1ccc(-n2nnnc2COc2ccc(Cl)c(Cl)c2)cc1. The summed E-state index contributed by atoms with van der Waals surface area (Å²) in [7, 11) is 0. The molecule has 3 aromatic rings. The number of tetrazole rings is 1. The number of alkyl halides is 2. The Morgan fingerprint density at radius 2 is 1.72 bits per heavy atom. The predicted molar refractivity (Wildman–Crippen MR) is 86.6 cm³/mol. The lowest BCUT2D eigenvalue weighted by molar-refractivity contribution is -0.0498. The molecule has 0 saturated heterocycles. The molecule has 0 spiro atoms. The van der Waals surface area contributed by atoms with E-state index in [1.54, 1.807) is 30.3 Å². The van der Waals surface area contributed by atoms with Gasteiger partial charge in [-0.15, -0.1) is 5.10 Å². The molecule has 3 rings (SSSR count). The molecule has 0 unspecified atom stereocenters. The molecule has 10 heteroatoms. The van der Waals surface area contributed by atoms with Gasteiger partial charge in [-0.3, -0.25) is 0 Å². The van der Waals surface area contributed by atoms with Crippen LogP contribution in [0.4, 0.5) is 8.78 Å². The van der Waals surface area contributed by atoms with Crippen LogP contribution in [0.25, 0.3) is 5.69 Å². The molecule has 6 nitrogen and oxygen atoms in total. The minimum Gasteiger partial charge on any atom is -0.485 e. The van der Waals surface area contributed by atoms with Gasteiger partial charge in [-0.25, -0.2) is 0 Å². The standard InChI is InChI=1S/C15H10Cl2F2N4O2/c16-12-6-5-11(7-13(12)17)24-8-14-20-21-22-23(14)9-1-3-10(4-2-9)25-15(18)19/h1-7,15H,8H2. The fourth-order valence-electron chi connectivity index (χ4n) is 1.98. The van der Waals surface area contributed by atoms with E-state index < -0.39 is 6.61 Å². The van der Waals surface area contributed by atoms with Gasteiger partial charge in [0.05, 0.1) is 15.7 Å². The van der Waals surface area contributed by atoms with Crippen LogP contribution in [0.3, 0.4) is 0 Å². The maximum atomic E-state index is 12.2. The molecular weight excluding hydrogens is 377 g/mol. The molecule has 0 amide bonds. The maximum Gasteiger partial charge on any atom is 0.387 e. The van der Waals surface area contributed by atoms with E-state index in [0.29, 0.717) is 27.3 Å². The van der Waals surface area contributed by atoms with Crippen LogP contribution in [0.5, 0.6) is 11.5 Å². The van der Waals surface area contributed by atoms with Crippen molar-refractivity contribution in [3.63, 3.8) is 0 Å². The van der Waals surface area contributed by atoms with Crippen molar-refractivity contribution in [3.05, 3.63) is 58.3 Å². The third kappa shape index (κ3) is 4.34. The Kier molecular flexibility index (Phi) is 5.30. The van der Waals surface area contributed by atoms with E-state index in [1.165, 1.54) is 16.8 Å². The average molecular weight is 387 g/mol. The highest BCUT2D eigenvalue weighted by molar-refractivity contribution is 6.42. The maximum absolute atomic E-state index is 12.2. The molecule has 1 heterocycles. The van der Waals surface area contributed by atoms with Crippen LogP contribution in [0.1, 0.15) is 5.82 Å². The Morgan fingerprint density at radius 3 is 2.40 bits per heavy atom. The van der Waals surface area contributed by atoms with Crippen LogP contribution < -0.4 is 9.47 Å². The molecule has 130 valence electrons. The average Bonchev–Trinajstić information content (AvgIpc) is 3.05. The number of nitrogens with zero attached hydrogens (tertiary/aromatic N) is 4. The summed E-state index contributed by atoms with van der Waals surface area (Å²) in [6.07, 6.45) is 0. The zero-order valence-corrected chi connectivity index (χ0v) is 14.0. The van der Waals surface area contributed by atoms with Crippen molar-refractivity contribution < 1.29 is 18.3 Å². The van der Waals surface area contributed by atoms with Gasteiger partial charge < -0.3 is 9.47 Å². The summed E-state index contributed by atoms with van der Waals surface area (Å²) in [6.45, 7) is -2.81. The summed E-state index contributed by atoms with van der Waals surface area (Å²) in [5, 5.41) is 12.1. The first-order valence-corrected chi connectivity index (χ1v) is 7.69. The van der Waals surface area contributed by atoms with Gasteiger partial charge in [0, 0.05) is 6.07 Å². The fraction of sp³-hybridized carbons (Fsp3) is 0.133. The molecule has 25 heavy (non-hydrogen) atoms. The Balaban J connectivity index is 1.72. The van der Waals surface area contributed by atoms with E-state index in [-0.39, 0.29) is 12.4 Å². The topological polar surface area (TPSA) is 62.1 Å². The number of halogens is 4. The predicted octanol–water partition coefficient (Wildman–Crippen LogP) is 4.15. The molecule has 0 N–H and O–H groups in total. The first-order chi connectivity index (χ1) is 12.0. The summed E-state index contributed by atoms with van der Waals surface area (Å²) in [5.41, 5.74) is 0.569. The summed E-state index contributed by atoms with van der Waals surface area (Å²) in [6, 6.07) is 10.8. The van der Waals surface area contributed by atoms with Crippen molar-refractivity contribution in [3.8, 4) is 17.2 Å². The highest BCUT2D eigenvalue weighted by Gasteiger charge is 2.11. The molecule has 0 aliphatic heterocycles. The van der Waals surface area contributed by atoms with E-state index in [1.807, 2.05) is 0 Å². The molecule has 0 aliphatic rings. The number of benzene rings is 2. The molecule has 1 aromatic heterocycles. The lowest BCUT2D eigenvalue weighted by Gasteiger charge is -2.09. The summed E-state index contributed by atoms with van der Waals surface area (Å²) in [5.74, 6) is 0.957. The lowest BCUT2D eigenvalue weighted by Crippen LogP contribution is -2.07. The van der Waals surface area contributed by atoms with Crippen molar-refractivity contribution in [2.45, 2.75) is 13.2 Å².